The number of aromatic nitrogens is 1. The van der Waals surface area contributed by atoms with Crippen molar-refractivity contribution in [3.63, 3.8) is 0 Å². The minimum Gasteiger partial charge on any atom is -0.484 e. The number of fused-ring (bicyclic) bond motifs is 3. The molecular formula is C22H23N3O3. The average molecular weight is 377 g/mol. The number of hydrogen-bond donors (Lipinski definition) is 3. The van der Waals surface area contributed by atoms with Gasteiger partial charge < -0.3 is 20.8 Å². The van der Waals surface area contributed by atoms with Gasteiger partial charge in [-0.1, -0.05) is 12.1 Å². The first-order chi connectivity index (χ1) is 13.6. The second kappa shape index (κ2) is 7.76. The molecule has 0 spiro atoms. The maximum atomic E-state index is 12.5. The second-order valence-electron chi connectivity index (χ2n) is 7.13. The van der Waals surface area contributed by atoms with E-state index in [0.29, 0.717) is 17.9 Å². The van der Waals surface area contributed by atoms with Crippen LogP contribution >= 0.6 is 0 Å². The van der Waals surface area contributed by atoms with Crippen molar-refractivity contribution < 1.29 is 14.3 Å². The number of carbonyl (C=O) groups excluding carboxylic acids is 2. The molecule has 6 heteroatoms. The molecule has 0 radical (unpaired) electrons. The molecule has 6 nitrogen and oxygen atoms in total. The van der Waals surface area contributed by atoms with E-state index in [9.17, 15) is 9.59 Å². The van der Waals surface area contributed by atoms with Gasteiger partial charge in [-0.2, -0.15) is 0 Å². The summed E-state index contributed by atoms with van der Waals surface area (Å²) in [5.74, 6) is -0.315. The third kappa shape index (κ3) is 3.86. The van der Waals surface area contributed by atoms with Crippen molar-refractivity contribution in [2.75, 3.05) is 6.61 Å². The van der Waals surface area contributed by atoms with Crippen LogP contribution in [-0.4, -0.2) is 23.4 Å². The second-order valence-corrected chi connectivity index (χ2v) is 7.13. The number of nitrogens with two attached hydrogens (primary N) is 1. The van der Waals surface area contributed by atoms with Gasteiger partial charge in [0.05, 0.1) is 0 Å². The van der Waals surface area contributed by atoms with Crippen LogP contribution in [0.15, 0.2) is 42.5 Å². The number of ether oxygens (including phenoxy) is 1. The summed E-state index contributed by atoms with van der Waals surface area (Å²) in [4.78, 5) is 26.8. The normalized spacial score (nSPS) is 13.1. The summed E-state index contributed by atoms with van der Waals surface area (Å²) >= 11 is 0. The van der Waals surface area contributed by atoms with Gasteiger partial charge in [-0.3, -0.25) is 9.59 Å². The van der Waals surface area contributed by atoms with E-state index in [0.717, 1.165) is 18.4 Å². The number of primary amides is 1. The van der Waals surface area contributed by atoms with Crippen molar-refractivity contribution in [2.45, 2.75) is 32.2 Å². The third-order valence-corrected chi connectivity index (χ3v) is 5.09. The molecule has 1 heterocycles. The van der Waals surface area contributed by atoms with Gasteiger partial charge in [0.25, 0.3) is 11.8 Å². The number of H-pyrrole nitrogens is 1. The first-order valence-electron chi connectivity index (χ1n) is 9.52. The van der Waals surface area contributed by atoms with Crippen molar-refractivity contribution in [1.29, 1.82) is 0 Å². The molecule has 1 aliphatic rings. The molecule has 0 unspecified atom stereocenters. The minimum absolute atomic E-state index is 0.194. The Kier molecular flexibility index (Phi) is 5.02. The third-order valence-electron chi connectivity index (χ3n) is 5.09. The van der Waals surface area contributed by atoms with Gasteiger partial charge in [-0.25, -0.2) is 0 Å². The van der Waals surface area contributed by atoms with Gasteiger partial charge in [0, 0.05) is 28.7 Å². The fourth-order valence-corrected chi connectivity index (χ4v) is 3.73. The SMILES string of the molecule is NC(=O)COc1cccc(C(=O)NCc2ccc3[nH]c4c(c3c2)CCCC4)c1. The number of aromatic amines is 1. The first kappa shape index (κ1) is 18.1. The van der Waals surface area contributed by atoms with E-state index >= 15 is 0 Å². The van der Waals surface area contributed by atoms with Crippen LogP contribution in [0.1, 0.15) is 40.0 Å². The number of nitrogens with one attached hydrogen (secondary N) is 2. The molecule has 3 aromatic rings. The monoisotopic (exact) mass is 377 g/mol. The summed E-state index contributed by atoms with van der Waals surface area (Å²) in [6.07, 6.45) is 4.70. The quantitative estimate of drug-likeness (QED) is 0.616. The largest absolute Gasteiger partial charge is 0.484 e. The molecule has 0 aliphatic heterocycles. The summed E-state index contributed by atoms with van der Waals surface area (Å²) in [6, 6.07) is 13.0. The lowest BCUT2D eigenvalue weighted by atomic mass is 9.95. The van der Waals surface area contributed by atoms with Gasteiger partial charge in [-0.15, -0.1) is 0 Å². The van der Waals surface area contributed by atoms with Crippen LogP contribution in [0, 0.1) is 0 Å². The molecule has 2 aromatic carbocycles. The predicted molar refractivity (Wildman–Crippen MR) is 107 cm³/mol. The highest BCUT2D eigenvalue weighted by Crippen LogP contribution is 2.29. The molecular weight excluding hydrogens is 354 g/mol. The lowest BCUT2D eigenvalue weighted by Crippen LogP contribution is -2.23. The molecule has 2 amide bonds. The Morgan fingerprint density at radius 3 is 2.82 bits per heavy atom. The van der Waals surface area contributed by atoms with Crippen LogP contribution in [0.25, 0.3) is 10.9 Å². The van der Waals surface area contributed by atoms with Crippen molar-refractivity contribution in [3.8, 4) is 5.75 Å². The molecule has 0 saturated carbocycles. The number of carbonyl (C=O) groups is 2. The molecule has 0 fully saturated rings. The lowest BCUT2D eigenvalue weighted by Gasteiger charge is -2.11. The van der Waals surface area contributed by atoms with Crippen LogP contribution in [0.5, 0.6) is 5.75 Å². The van der Waals surface area contributed by atoms with E-state index < -0.39 is 5.91 Å². The van der Waals surface area contributed by atoms with Crippen LogP contribution in [-0.2, 0) is 24.2 Å². The van der Waals surface area contributed by atoms with Gasteiger partial charge in [0.15, 0.2) is 6.61 Å². The lowest BCUT2D eigenvalue weighted by molar-refractivity contribution is -0.119. The molecule has 4 rings (SSSR count). The van der Waals surface area contributed by atoms with E-state index in [-0.39, 0.29) is 12.5 Å². The van der Waals surface area contributed by atoms with Crippen LogP contribution < -0.4 is 15.8 Å². The molecule has 144 valence electrons. The summed E-state index contributed by atoms with van der Waals surface area (Å²) in [6.45, 7) is 0.229. The first-order valence-corrected chi connectivity index (χ1v) is 9.52. The van der Waals surface area contributed by atoms with Gasteiger partial charge >= 0.3 is 0 Å². The van der Waals surface area contributed by atoms with Crippen LogP contribution in [0.4, 0.5) is 0 Å². The van der Waals surface area contributed by atoms with E-state index in [1.807, 2.05) is 6.07 Å². The van der Waals surface area contributed by atoms with Crippen molar-refractivity contribution in [3.05, 3.63) is 64.8 Å². The molecule has 0 bridgehead atoms. The molecule has 4 N–H and O–H groups in total. The van der Waals surface area contributed by atoms with Gasteiger partial charge in [0.2, 0.25) is 0 Å². The van der Waals surface area contributed by atoms with Crippen molar-refractivity contribution in [2.24, 2.45) is 5.73 Å². The Balaban J connectivity index is 1.44. The number of hydrogen-bond acceptors (Lipinski definition) is 3. The maximum Gasteiger partial charge on any atom is 0.255 e. The smallest absolute Gasteiger partial charge is 0.255 e. The fraction of sp³-hybridized carbons (Fsp3) is 0.273. The molecule has 0 atom stereocenters. The Labute approximate surface area is 163 Å². The predicted octanol–water partition coefficient (Wildman–Crippen LogP) is 2.84. The topological polar surface area (TPSA) is 97.2 Å². The number of benzene rings is 2. The summed E-state index contributed by atoms with van der Waals surface area (Å²) < 4.78 is 5.26. The van der Waals surface area contributed by atoms with Crippen molar-refractivity contribution >= 4 is 22.7 Å². The Morgan fingerprint density at radius 1 is 1.11 bits per heavy atom. The zero-order valence-electron chi connectivity index (χ0n) is 15.6. The van der Waals surface area contributed by atoms with Gasteiger partial charge in [-0.05, 0) is 67.1 Å². The number of aryl methyl sites for hydroxylation is 2. The summed E-state index contributed by atoms with van der Waals surface area (Å²) in [7, 11) is 0. The highest BCUT2D eigenvalue weighted by atomic mass is 16.5. The number of rotatable bonds is 6. The Hall–Kier alpha value is -3.28. The standard InChI is InChI=1S/C22H23N3O3/c23-21(26)13-28-16-5-3-4-15(11-16)22(27)24-12-14-8-9-20-18(10-14)17-6-1-2-7-19(17)25-20/h3-5,8-11,25H,1-2,6-7,12-13H2,(H2,23,26)(H,24,27). The van der Waals surface area contributed by atoms with E-state index in [2.05, 4.69) is 22.4 Å². The summed E-state index contributed by atoms with van der Waals surface area (Å²) in [5.41, 5.74) is 10.6. The van der Waals surface area contributed by atoms with Crippen LogP contribution in [0.2, 0.25) is 0 Å². The highest BCUT2D eigenvalue weighted by Gasteiger charge is 2.15. The molecule has 0 saturated heterocycles. The fourth-order valence-electron chi connectivity index (χ4n) is 3.73. The van der Waals surface area contributed by atoms with Crippen LogP contribution in [0.3, 0.4) is 0 Å². The average Bonchev–Trinajstić information content (AvgIpc) is 3.08. The zero-order chi connectivity index (χ0) is 19.5. The summed E-state index contributed by atoms with van der Waals surface area (Å²) in [5, 5.41) is 4.21. The van der Waals surface area contributed by atoms with Crippen molar-refractivity contribution in [1.82, 2.24) is 10.3 Å². The van der Waals surface area contributed by atoms with E-state index in [1.165, 1.54) is 35.0 Å². The number of amides is 2. The Morgan fingerprint density at radius 2 is 1.96 bits per heavy atom. The highest BCUT2D eigenvalue weighted by molar-refractivity contribution is 5.94. The Bertz CT molecular complexity index is 1040. The molecule has 28 heavy (non-hydrogen) atoms. The van der Waals surface area contributed by atoms with E-state index in [1.54, 1.807) is 24.3 Å². The molecule has 1 aromatic heterocycles. The molecule has 1 aliphatic carbocycles. The van der Waals surface area contributed by atoms with Gasteiger partial charge in [0.1, 0.15) is 5.75 Å². The van der Waals surface area contributed by atoms with E-state index in [4.69, 9.17) is 10.5 Å². The minimum atomic E-state index is -0.558. The maximum absolute atomic E-state index is 12.5. The zero-order valence-corrected chi connectivity index (χ0v) is 15.6.